The van der Waals surface area contributed by atoms with Gasteiger partial charge >= 0.3 is 0 Å². The van der Waals surface area contributed by atoms with E-state index in [4.69, 9.17) is 16.3 Å². The van der Waals surface area contributed by atoms with Crippen molar-refractivity contribution in [2.24, 2.45) is 0 Å². The lowest BCUT2D eigenvalue weighted by Gasteiger charge is -2.31. The van der Waals surface area contributed by atoms with E-state index in [1.54, 1.807) is 12.1 Å². The molecular formula is C15H22ClN3O2. The van der Waals surface area contributed by atoms with Gasteiger partial charge in [0.15, 0.2) is 0 Å². The van der Waals surface area contributed by atoms with E-state index >= 15 is 0 Å². The number of piperidine rings is 1. The largest absolute Gasteiger partial charge is 0.378 e. The maximum atomic E-state index is 12.5. The third-order valence-corrected chi connectivity index (χ3v) is 3.72. The predicted molar refractivity (Wildman–Crippen MR) is 84.0 cm³/mol. The average Bonchev–Trinajstić information content (AvgIpc) is 2.47. The Bertz CT molecular complexity index is 488. The van der Waals surface area contributed by atoms with Crippen LogP contribution in [0.2, 0.25) is 5.15 Å². The molecule has 2 heterocycles. The average molecular weight is 312 g/mol. The summed E-state index contributed by atoms with van der Waals surface area (Å²) in [5.74, 6) is 0.644. The maximum Gasteiger partial charge on any atom is 0.254 e. The number of rotatable bonds is 5. The molecule has 1 aromatic rings. The Kier molecular flexibility index (Phi) is 5.82. The molecule has 1 amide bonds. The summed E-state index contributed by atoms with van der Waals surface area (Å²) in [6.45, 7) is 6.88. The maximum absolute atomic E-state index is 12.5. The van der Waals surface area contributed by atoms with Crippen molar-refractivity contribution < 1.29 is 9.53 Å². The highest BCUT2D eigenvalue weighted by molar-refractivity contribution is 6.29. The smallest absolute Gasteiger partial charge is 0.254 e. The lowest BCUT2D eigenvalue weighted by atomic mass is 10.1. The number of nitrogens with one attached hydrogen (secondary N) is 1. The Balaban J connectivity index is 2.03. The molecular weight excluding hydrogens is 290 g/mol. The van der Waals surface area contributed by atoms with E-state index in [-0.39, 0.29) is 12.0 Å². The first kappa shape index (κ1) is 16.0. The number of hydrogen-bond acceptors (Lipinski definition) is 4. The van der Waals surface area contributed by atoms with Gasteiger partial charge in [-0.2, -0.15) is 0 Å². The third kappa shape index (κ3) is 4.32. The lowest BCUT2D eigenvalue weighted by molar-refractivity contribution is 0.0146. The number of amides is 1. The first-order valence-corrected chi connectivity index (χ1v) is 7.84. The molecule has 0 spiro atoms. The standard InChI is InChI=1S/C15H22ClN3O2/c1-3-17-14-10-11(9-13(16)18-14)15(20)19-7-5-12(6-8-19)21-4-2/h9-10,12H,3-8H2,1-2H3,(H,17,18). The highest BCUT2D eigenvalue weighted by atomic mass is 35.5. The van der Waals surface area contributed by atoms with Gasteiger partial charge in [0.05, 0.1) is 6.10 Å². The summed E-state index contributed by atoms with van der Waals surface area (Å²) in [6.07, 6.45) is 2.05. The number of ether oxygens (including phenoxy) is 1. The van der Waals surface area contributed by atoms with E-state index in [0.29, 0.717) is 16.5 Å². The molecule has 5 nitrogen and oxygen atoms in total. The quantitative estimate of drug-likeness (QED) is 0.850. The summed E-state index contributed by atoms with van der Waals surface area (Å²) >= 11 is 5.99. The van der Waals surface area contributed by atoms with E-state index < -0.39 is 0 Å². The highest BCUT2D eigenvalue weighted by Gasteiger charge is 2.24. The SMILES string of the molecule is CCNc1cc(C(=O)N2CCC(OCC)CC2)cc(Cl)n1. The molecule has 2 rings (SSSR count). The minimum Gasteiger partial charge on any atom is -0.378 e. The number of pyridine rings is 1. The van der Waals surface area contributed by atoms with E-state index in [1.165, 1.54) is 0 Å². The zero-order valence-corrected chi connectivity index (χ0v) is 13.3. The second kappa shape index (κ2) is 7.61. The molecule has 1 aliphatic heterocycles. The Morgan fingerprint density at radius 2 is 2.14 bits per heavy atom. The molecule has 6 heteroatoms. The van der Waals surface area contributed by atoms with Crippen molar-refractivity contribution >= 4 is 23.3 Å². The normalized spacial score (nSPS) is 16.0. The van der Waals surface area contributed by atoms with Crippen LogP contribution in [0.15, 0.2) is 12.1 Å². The van der Waals surface area contributed by atoms with Crippen molar-refractivity contribution in [1.29, 1.82) is 0 Å². The number of carbonyl (C=O) groups is 1. The monoisotopic (exact) mass is 311 g/mol. The van der Waals surface area contributed by atoms with Crippen molar-refractivity contribution in [2.75, 3.05) is 31.6 Å². The Hall–Kier alpha value is -1.33. The topological polar surface area (TPSA) is 54.5 Å². The predicted octanol–water partition coefficient (Wildman–Crippen LogP) is 2.81. The molecule has 0 unspecified atom stereocenters. The van der Waals surface area contributed by atoms with E-state index in [0.717, 1.165) is 39.1 Å². The molecule has 1 saturated heterocycles. The number of nitrogens with zero attached hydrogens (tertiary/aromatic N) is 2. The number of hydrogen-bond donors (Lipinski definition) is 1. The number of likely N-dealkylation sites (tertiary alicyclic amines) is 1. The molecule has 0 aliphatic carbocycles. The molecule has 0 radical (unpaired) electrons. The van der Waals surface area contributed by atoms with Crippen LogP contribution in [-0.2, 0) is 4.74 Å². The number of anilines is 1. The second-order valence-electron chi connectivity index (χ2n) is 5.04. The molecule has 1 aliphatic rings. The minimum absolute atomic E-state index is 0.00778. The summed E-state index contributed by atoms with van der Waals surface area (Å²) in [4.78, 5) is 18.6. The van der Waals surface area contributed by atoms with Gasteiger partial charge in [-0.15, -0.1) is 0 Å². The first-order valence-electron chi connectivity index (χ1n) is 7.46. The minimum atomic E-state index is 0.00778. The van der Waals surface area contributed by atoms with Crippen molar-refractivity contribution in [2.45, 2.75) is 32.8 Å². The molecule has 0 aromatic carbocycles. The van der Waals surface area contributed by atoms with Crippen LogP contribution in [0.3, 0.4) is 0 Å². The molecule has 116 valence electrons. The van der Waals surface area contributed by atoms with Gasteiger partial charge in [-0.1, -0.05) is 11.6 Å². The van der Waals surface area contributed by atoms with E-state index in [9.17, 15) is 4.79 Å². The van der Waals surface area contributed by atoms with Crippen LogP contribution in [0.25, 0.3) is 0 Å². The molecule has 1 N–H and O–H groups in total. The number of halogens is 1. The molecule has 21 heavy (non-hydrogen) atoms. The summed E-state index contributed by atoms with van der Waals surface area (Å²) in [5.41, 5.74) is 0.584. The fourth-order valence-corrected chi connectivity index (χ4v) is 2.74. The fourth-order valence-electron chi connectivity index (χ4n) is 2.54. The van der Waals surface area contributed by atoms with Crippen LogP contribution in [0.4, 0.5) is 5.82 Å². The van der Waals surface area contributed by atoms with Gasteiger partial charge in [0.2, 0.25) is 0 Å². The van der Waals surface area contributed by atoms with Crippen LogP contribution in [0.1, 0.15) is 37.0 Å². The van der Waals surface area contributed by atoms with Crippen molar-refractivity contribution in [3.05, 3.63) is 22.8 Å². The van der Waals surface area contributed by atoms with Gasteiger partial charge in [-0.05, 0) is 38.8 Å². The van der Waals surface area contributed by atoms with Gasteiger partial charge in [-0.3, -0.25) is 4.79 Å². The van der Waals surface area contributed by atoms with Gasteiger partial charge in [0.1, 0.15) is 11.0 Å². The molecule has 0 atom stereocenters. The van der Waals surface area contributed by atoms with Crippen molar-refractivity contribution in [1.82, 2.24) is 9.88 Å². The van der Waals surface area contributed by atoms with Crippen molar-refractivity contribution in [3.63, 3.8) is 0 Å². The number of aromatic nitrogens is 1. The summed E-state index contributed by atoms with van der Waals surface area (Å²) in [6, 6.07) is 3.38. The number of carbonyl (C=O) groups excluding carboxylic acids is 1. The van der Waals surface area contributed by atoms with Crippen LogP contribution >= 0.6 is 11.6 Å². The van der Waals surface area contributed by atoms with Gasteiger partial charge in [-0.25, -0.2) is 4.98 Å². The molecule has 1 aromatic heterocycles. The highest BCUT2D eigenvalue weighted by Crippen LogP contribution is 2.20. The third-order valence-electron chi connectivity index (χ3n) is 3.53. The van der Waals surface area contributed by atoms with Gasteiger partial charge in [0.25, 0.3) is 5.91 Å². The summed E-state index contributed by atoms with van der Waals surface area (Å²) in [5, 5.41) is 3.42. The van der Waals surface area contributed by atoms with Gasteiger partial charge < -0.3 is 15.0 Å². The second-order valence-corrected chi connectivity index (χ2v) is 5.43. The fraction of sp³-hybridized carbons (Fsp3) is 0.600. The van der Waals surface area contributed by atoms with Crippen LogP contribution in [0.5, 0.6) is 0 Å². The zero-order valence-electron chi connectivity index (χ0n) is 12.6. The lowest BCUT2D eigenvalue weighted by Crippen LogP contribution is -2.40. The van der Waals surface area contributed by atoms with Crippen LogP contribution in [-0.4, -0.2) is 48.1 Å². The summed E-state index contributed by atoms with van der Waals surface area (Å²) in [7, 11) is 0. The molecule has 1 fully saturated rings. The van der Waals surface area contributed by atoms with Crippen molar-refractivity contribution in [3.8, 4) is 0 Å². The van der Waals surface area contributed by atoms with Crippen LogP contribution < -0.4 is 5.32 Å². The summed E-state index contributed by atoms with van der Waals surface area (Å²) < 4.78 is 5.61. The zero-order chi connectivity index (χ0) is 15.2. The van der Waals surface area contributed by atoms with E-state index in [1.807, 2.05) is 18.7 Å². The van der Waals surface area contributed by atoms with Crippen LogP contribution in [0, 0.1) is 0 Å². The van der Waals surface area contributed by atoms with E-state index in [2.05, 4.69) is 10.3 Å². The Labute approximate surface area is 130 Å². The Morgan fingerprint density at radius 3 is 2.76 bits per heavy atom. The Morgan fingerprint density at radius 1 is 1.43 bits per heavy atom. The first-order chi connectivity index (χ1) is 10.1. The molecule has 0 bridgehead atoms. The van der Waals surface area contributed by atoms with Gasteiger partial charge in [0, 0.05) is 31.8 Å². The molecule has 0 saturated carbocycles.